The van der Waals surface area contributed by atoms with Gasteiger partial charge < -0.3 is 16.4 Å². The van der Waals surface area contributed by atoms with Crippen LogP contribution in [0.15, 0.2) is 42.6 Å². The van der Waals surface area contributed by atoms with Gasteiger partial charge in [0.15, 0.2) is 0 Å². The molecule has 2 heterocycles. The molecule has 0 spiro atoms. The van der Waals surface area contributed by atoms with Gasteiger partial charge in [-0.3, -0.25) is 14.7 Å². The van der Waals surface area contributed by atoms with E-state index in [9.17, 15) is 14.9 Å². The van der Waals surface area contributed by atoms with Crippen molar-refractivity contribution >= 4 is 28.4 Å². The van der Waals surface area contributed by atoms with Crippen molar-refractivity contribution in [3.8, 4) is 17.2 Å². The number of H-pyrrole nitrogens is 1. The number of nitriles is 1. The number of rotatable bonds is 4. The molecule has 0 radical (unpaired) electrons. The van der Waals surface area contributed by atoms with Gasteiger partial charge in [-0.15, -0.1) is 0 Å². The molecular weight excluding hydrogens is 356 g/mol. The van der Waals surface area contributed by atoms with Gasteiger partial charge in [-0.05, 0) is 34.9 Å². The van der Waals surface area contributed by atoms with Crippen LogP contribution in [0, 0.1) is 11.3 Å². The van der Waals surface area contributed by atoms with Crippen molar-refractivity contribution in [2.24, 2.45) is 5.73 Å². The summed E-state index contributed by atoms with van der Waals surface area (Å²) < 4.78 is 0. The number of fused-ring (bicyclic) bond motifs is 2. The molecule has 0 saturated carbocycles. The van der Waals surface area contributed by atoms with E-state index in [1.807, 2.05) is 12.1 Å². The zero-order valence-corrected chi connectivity index (χ0v) is 14.8. The van der Waals surface area contributed by atoms with E-state index >= 15 is 0 Å². The van der Waals surface area contributed by atoms with Crippen molar-refractivity contribution in [3.05, 3.63) is 59.3 Å². The Bertz CT molecular complexity index is 1220. The van der Waals surface area contributed by atoms with Crippen LogP contribution < -0.4 is 11.5 Å². The SMILES string of the molecule is C=C(CN1Cc2c(-c3cc(C#N)c4[nH]ncc4c3)ccc(N)c2C1=O)C(N)=O. The standard InChI is InChI=1S/C20H16N6O2/c1-10(19(23)27)8-26-9-15-14(2-3-16(22)17(15)20(26)28)11-4-12(6-21)18-13(5-11)7-24-25-18/h2-5,7H,1,8-9,22H2,(H2,23,27)(H,24,25). The van der Waals surface area contributed by atoms with Gasteiger partial charge in [-0.25, -0.2) is 0 Å². The molecule has 1 aromatic heterocycles. The predicted molar refractivity (Wildman–Crippen MR) is 104 cm³/mol. The molecule has 3 aromatic rings. The number of benzene rings is 2. The second-order valence-electron chi connectivity index (χ2n) is 6.65. The molecule has 1 aliphatic heterocycles. The lowest BCUT2D eigenvalue weighted by atomic mass is 9.94. The average Bonchev–Trinajstić information content (AvgIpc) is 3.26. The minimum atomic E-state index is -0.652. The number of anilines is 1. The highest BCUT2D eigenvalue weighted by Crippen LogP contribution is 2.37. The van der Waals surface area contributed by atoms with Gasteiger partial charge in [0.1, 0.15) is 6.07 Å². The monoisotopic (exact) mass is 372 g/mol. The number of aromatic amines is 1. The van der Waals surface area contributed by atoms with Crippen molar-refractivity contribution in [2.75, 3.05) is 12.3 Å². The number of hydrogen-bond acceptors (Lipinski definition) is 5. The first kappa shape index (κ1) is 17.3. The van der Waals surface area contributed by atoms with Crippen LogP contribution >= 0.6 is 0 Å². The maximum absolute atomic E-state index is 12.8. The highest BCUT2D eigenvalue weighted by Gasteiger charge is 2.32. The van der Waals surface area contributed by atoms with Crippen molar-refractivity contribution in [2.45, 2.75) is 6.54 Å². The second-order valence-corrected chi connectivity index (χ2v) is 6.65. The molecule has 0 atom stereocenters. The molecule has 0 unspecified atom stereocenters. The number of nitrogen functional groups attached to an aromatic ring is 1. The Morgan fingerprint density at radius 1 is 1.39 bits per heavy atom. The van der Waals surface area contributed by atoms with Gasteiger partial charge in [-0.2, -0.15) is 10.4 Å². The zero-order valence-electron chi connectivity index (χ0n) is 14.8. The lowest BCUT2D eigenvalue weighted by molar-refractivity contribution is -0.114. The Kier molecular flexibility index (Phi) is 3.86. The van der Waals surface area contributed by atoms with E-state index in [2.05, 4.69) is 22.8 Å². The summed E-state index contributed by atoms with van der Waals surface area (Å²) in [6.07, 6.45) is 1.64. The highest BCUT2D eigenvalue weighted by atomic mass is 16.2. The lowest BCUT2D eigenvalue weighted by Gasteiger charge is -2.15. The fourth-order valence-electron chi connectivity index (χ4n) is 3.51. The molecular formula is C20H16N6O2. The Labute approximate surface area is 160 Å². The number of nitrogens with one attached hydrogen (secondary N) is 1. The van der Waals surface area contributed by atoms with E-state index in [1.54, 1.807) is 18.3 Å². The van der Waals surface area contributed by atoms with E-state index < -0.39 is 5.91 Å². The summed E-state index contributed by atoms with van der Waals surface area (Å²) in [5, 5.41) is 17.1. The van der Waals surface area contributed by atoms with E-state index in [0.717, 1.165) is 22.1 Å². The Hall–Kier alpha value is -4.12. The number of amides is 2. The highest BCUT2D eigenvalue weighted by molar-refractivity contribution is 6.06. The van der Waals surface area contributed by atoms with E-state index in [-0.39, 0.29) is 24.6 Å². The van der Waals surface area contributed by atoms with Crippen LogP contribution in [0.3, 0.4) is 0 Å². The normalized spacial score (nSPS) is 12.8. The summed E-state index contributed by atoms with van der Waals surface area (Å²) >= 11 is 0. The van der Waals surface area contributed by atoms with E-state index in [0.29, 0.717) is 22.3 Å². The van der Waals surface area contributed by atoms with Gasteiger partial charge >= 0.3 is 0 Å². The molecule has 138 valence electrons. The molecule has 0 bridgehead atoms. The number of hydrogen-bond donors (Lipinski definition) is 3. The number of primary amides is 1. The van der Waals surface area contributed by atoms with Gasteiger partial charge in [-0.1, -0.05) is 12.6 Å². The number of aromatic nitrogens is 2. The summed E-state index contributed by atoms with van der Waals surface area (Å²) in [6.45, 7) is 3.93. The van der Waals surface area contributed by atoms with Crippen LogP contribution in [-0.2, 0) is 11.3 Å². The quantitative estimate of drug-likeness (QED) is 0.472. The van der Waals surface area contributed by atoms with E-state index in [1.165, 1.54) is 4.90 Å². The summed E-state index contributed by atoms with van der Waals surface area (Å²) in [5.41, 5.74) is 15.7. The Morgan fingerprint density at radius 3 is 2.89 bits per heavy atom. The first-order valence-corrected chi connectivity index (χ1v) is 8.46. The molecule has 8 nitrogen and oxygen atoms in total. The molecule has 28 heavy (non-hydrogen) atoms. The number of nitrogens with two attached hydrogens (primary N) is 2. The molecule has 8 heteroatoms. The minimum absolute atomic E-state index is 0.0337. The summed E-state index contributed by atoms with van der Waals surface area (Å²) in [5.74, 6) is -0.928. The van der Waals surface area contributed by atoms with Gasteiger partial charge in [0.05, 0.1) is 29.4 Å². The Morgan fingerprint density at radius 2 is 2.18 bits per heavy atom. The lowest BCUT2D eigenvalue weighted by Crippen LogP contribution is -2.30. The summed E-state index contributed by atoms with van der Waals surface area (Å²) in [7, 11) is 0. The fourth-order valence-corrected chi connectivity index (χ4v) is 3.51. The topological polar surface area (TPSA) is 142 Å². The second kappa shape index (κ2) is 6.25. The van der Waals surface area contributed by atoms with Crippen LogP contribution in [0.2, 0.25) is 0 Å². The molecule has 2 aromatic carbocycles. The van der Waals surface area contributed by atoms with Crippen LogP contribution in [0.25, 0.3) is 22.0 Å². The third-order valence-corrected chi connectivity index (χ3v) is 4.91. The zero-order chi connectivity index (χ0) is 20.0. The van der Waals surface area contributed by atoms with Crippen molar-refractivity contribution in [3.63, 3.8) is 0 Å². The molecule has 2 amide bonds. The minimum Gasteiger partial charge on any atom is -0.398 e. The first-order chi connectivity index (χ1) is 13.4. The maximum atomic E-state index is 12.8. The molecule has 4 rings (SSSR count). The summed E-state index contributed by atoms with van der Waals surface area (Å²) in [6, 6.07) is 9.32. The van der Waals surface area contributed by atoms with Crippen LogP contribution in [0.5, 0.6) is 0 Å². The third kappa shape index (κ3) is 2.57. The van der Waals surface area contributed by atoms with E-state index in [4.69, 9.17) is 11.5 Å². The van der Waals surface area contributed by atoms with Crippen LogP contribution in [-0.4, -0.2) is 33.5 Å². The molecule has 0 saturated heterocycles. The van der Waals surface area contributed by atoms with Crippen molar-refractivity contribution in [1.29, 1.82) is 5.26 Å². The largest absolute Gasteiger partial charge is 0.398 e. The molecule has 0 fully saturated rings. The van der Waals surface area contributed by atoms with Crippen LogP contribution in [0.4, 0.5) is 5.69 Å². The van der Waals surface area contributed by atoms with Crippen molar-refractivity contribution < 1.29 is 9.59 Å². The van der Waals surface area contributed by atoms with Crippen LogP contribution in [0.1, 0.15) is 21.5 Å². The maximum Gasteiger partial charge on any atom is 0.256 e. The van der Waals surface area contributed by atoms with Gasteiger partial charge in [0.25, 0.3) is 5.91 Å². The molecule has 1 aliphatic rings. The van der Waals surface area contributed by atoms with Gasteiger partial charge in [0.2, 0.25) is 5.91 Å². The predicted octanol–water partition coefficient (Wildman–Crippen LogP) is 1.68. The Balaban J connectivity index is 1.83. The van der Waals surface area contributed by atoms with Gasteiger partial charge in [0, 0.05) is 23.2 Å². The summed E-state index contributed by atoms with van der Waals surface area (Å²) in [4.78, 5) is 25.6. The van der Waals surface area contributed by atoms with Crippen molar-refractivity contribution in [1.82, 2.24) is 15.1 Å². The third-order valence-electron chi connectivity index (χ3n) is 4.91. The molecule has 5 N–H and O–H groups in total. The average molecular weight is 372 g/mol. The molecule has 0 aliphatic carbocycles. The first-order valence-electron chi connectivity index (χ1n) is 8.46. The number of carbonyl (C=O) groups excluding carboxylic acids is 2. The fraction of sp³-hybridized carbons (Fsp3) is 0.100. The smallest absolute Gasteiger partial charge is 0.256 e. The number of nitrogens with zero attached hydrogens (tertiary/aromatic N) is 3. The number of carbonyl (C=O) groups is 2.